The minimum absolute atomic E-state index is 0.0880. The van der Waals surface area contributed by atoms with Crippen LogP contribution < -0.4 is 0 Å². The van der Waals surface area contributed by atoms with Gasteiger partial charge in [-0.2, -0.15) is 0 Å². The number of allylic oxidation sites excluding steroid dienone is 1. The van der Waals surface area contributed by atoms with Crippen molar-refractivity contribution in [1.29, 1.82) is 0 Å². The number of hydrogen-bond acceptors (Lipinski definition) is 3. The smallest absolute Gasteiger partial charge is 0.127 e. The second kappa shape index (κ2) is 2.42. The van der Waals surface area contributed by atoms with E-state index in [1.165, 1.54) is 0 Å². The summed E-state index contributed by atoms with van der Waals surface area (Å²) in [5, 5.41) is -0.0880. The van der Waals surface area contributed by atoms with Crippen LogP contribution >= 0.6 is 24.8 Å². The summed E-state index contributed by atoms with van der Waals surface area (Å²) in [5.74, 6) is 0. The highest BCUT2D eigenvalue weighted by Gasteiger charge is 2.03. The maximum atomic E-state index is 4.85. The Morgan fingerprint density at radius 2 is 2.50 bits per heavy atom. The highest BCUT2D eigenvalue weighted by atomic mass is 32.1. The molecular formula is C5H5NS2. The molecule has 0 saturated carbocycles. The van der Waals surface area contributed by atoms with Gasteiger partial charge >= 0.3 is 0 Å². The van der Waals surface area contributed by atoms with E-state index < -0.39 is 0 Å². The number of hydrogen-bond donors (Lipinski definition) is 1. The SMILES string of the molecule is S=C1C=CC=NC1S. The Kier molecular flexibility index (Phi) is 1.81. The molecule has 8 heavy (non-hydrogen) atoms. The molecule has 0 aromatic heterocycles. The fourth-order valence-electron chi connectivity index (χ4n) is 0.429. The number of rotatable bonds is 0. The number of thiol groups is 1. The molecule has 0 aromatic rings. The van der Waals surface area contributed by atoms with Crippen molar-refractivity contribution in [3.05, 3.63) is 12.2 Å². The van der Waals surface area contributed by atoms with E-state index in [1.807, 2.05) is 12.2 Å². The lowest BCUT2D eigenvalue weighted by molar-refractivity contribution is 1.26. The van der Waals surface area contributed by atoms with Crippen LogP contribution in [0.3, 0.4) is 0 Å². The van der Waals surface area contributed by atoms with Crippen LogP contribution in [0, 0.1) is 0 Å². The Hall–Kier alpha value is -0.150. The van der Waals surface area contributed by atoms with Crippen LogP contribution in [0.2, 0.25) is 0 Å². The van der Waals surface area contributed by atoms with Crippen LogP contribution in [0.4, 0.5) is 0 Å². The first-order valence-corrected chi connectivity index (χ1v) is 3.15. The first-order valence-electron chi connectivity index (χ1n) is 2.22. The van der Waals surface area contributed by atoms with Gasteiger partial charge in [-0.05, 0) is 12.2 Å². The minimum atomic E-state index is -0.0880. The molecule has 0 aliphatic carbocycles. The van der Waals surface area contributed by atoms with Crippen LogP contribution in [0.1, 0.15) is 0 Å². The van der Waals surface area contributed by atoms with Crippen molar-refractivity contribution < 1.29 is 0 Å². The zero-order valence-corrected chi connectivity index (χ0v) is 5.82. The van der Waals surface area contributed by atoms with E-state index in [9.17, 15) is 0 Å². The molecule has 0 spiro atoms. The molecule has 1 atom stereocenters. The van der Waals surface area contributed by atoms with Crippen molar-refractivity contribution in [1.82, 2.24) is 0 Å². The van der Waals surface area contributed by atoms with Crippen LogP contribution in [-0.4, -0.2) is 16.5 Å². The van der Waals surface area contributed by atoms with Gasteiger partial charge in [-0.3, -0.25) is 4.99 Å². The first-order chi connectivity index (χ1) is 3.80. The van der Waals surface area contributed by atoms with E-state index in [1.54, 1.807) is 6.21 Å². The van der Waals surface area contributed by atoms with E-state index in [-0.39, 0.29) is 5.37 Å². The van der Waals surface area contributed by atoms with Gasteiger partial charge in [-0.25, -0.2) is 0 Å². The maximum Gasteiger partial charge on any atom is 0.127 e. The quantitative estimate of drug-likeness (QED) is 0.397. The average Bonchev–Trinajstić information content (AvgIpc) is 1.77. The Labute approximate surface area is 58.9 Å². The summed E-state index contributed by atoms with van der Waals surface area (Å²) in [5.41, 5.74) is 0. The summed E-state index contributed by atoms with van der Waals surface area (Å²) >= 11 is 8.92. The number of aliphatic imine (C=N–C) groups is 1. The summed E-state index contributed by atoms with van der Waals surface area (Å²) in [6, 6.07) is 0. The van der Waals surface area contributed by atoms with E-state index in [0.29, 0.717) is 0 Å². The molecule has 1 rings (SSSR count). The second-order valence-electron chi connectivity index (χ2n) is 1.43. The first kappa shape index (κ1) is 5.98. The summed E-state index contributed by atoms with van der Waals surface area (Å²) in [6.07, 6.45) is 5.35. The predicted octanol–water partition coefficient (Wildman–Crippen LogP) is 1.25. The second-order valence-corrected chi connectivity index (χ2v) is 2.39. The monoisotopic (exact) mass is 143 g/mol. The van der Waals surface area contributed by atoms with Crippen molar-refractivity contribution in [2.24, 2.45) is 4.99 Å². The molecule has 0 aromatic carbocycles. The Balaban J connectivity index is 2.74. The Bertz CT molecular complexity index is 160. The fourth-order valence-corrected chi connectivity index (χ4v) is 0.731. The van der Waals surface area contributed by atoms with E-state index in [4.69, 9.17) is 12.2 Å². The fraction of sp³-hybridized carbons (Fsp3) is 0.200. The summed E-state index contributed by atoms with van der Waals surface area (Å²) < 4.78 is 0. The molecular weight excluding hydrogens is 138 g/mol. The van der Waals surface area contributed by atoms with E-state index >= 15 is 0 Å². The largest absolute Gasteiger partial charge is 0.274 e. The van der Waals surface area contributed by atoms with Gasteiger partial charge in [0.25, 0.3) is 0 Å². The molecule has 1 heterocycles. The summed E-state index contributed by atoms with van der Waals surface area (Å²) in [7, 11) is 0. The summed E-state index contributed by atoms with van der Waals surface area (Å²) in [4.78, 5) is 4.71. The van der Waals surface area contributed by atoms with Gasteiger partial charge in [-0.15, -0.1) is 12.6 Å². The standard InChI is InChI=1S/C5H5NS2/c7-4-2-1-3-6-5(4)8/h1-3,5,8H. The van der Waals surface area contributed by atoms with Crippen molar-refractivity contribution in [2.75, 3.05) is 0 Å². The maximum absolute atomic E-state index is 4.85. The molecule has 0 fully saturated rings. The zero-order chi connectivity index (χ0) is 5.98. The lowest BCUT2D eigenvalue weighted by Crippen LogP contribution is -2.08. The van der Waals surface area contributed by atoms with Gasteiger partial charge in [0.05, 0.1) is 0 Å². The van der Waals surface area contributed by atoms with Crippen molar-refractivity contribution in [3.63, 3.8) is 0 Å². The molecule has 42 valence electrons. The molecule has 0 saturated heterocycles. The van der Waals surface area contributed by atoms with Gasteiger partial charge in [0.15, 0.2) is 0 Å². The third-order valence-corrected chi connectivity index (χ3v) is 1.77. The molecule has 1 aliphatic rings. The third kappa shape index (κ3) is 1.17. The van der Waals surface area contributed by atoms with Gasteiger partial charge < -0.3 is 0 Å². The van der Waals surface area contributed by atoms with E-state index in [0.717, 1.165) is 4.86 Å². The number of nitrogens with zero attached hydrogens (tertiary/aromatic N) is 1. The molecule has 0 bridgehead atoms. The molecule has 1 nitrogen and oxygen atoms in total. The summed E-state index contributed by atoms with van der Waals surface area (Å²) in [6.45, 7) is 0. The third-order valence-electron chi connectivity index (χ3n) is 0.828. The zero-order valence-electron chi connectivity index (χ0n) is 4.11. The van der Waals surface area contributed by atoms with Crippen LogP contribution in [0.25, 0.3) is 0 Å². The highest BCUT2D eigenvalue weighted by Crippen LogP contribution is 2.04. The topological polar surface area (TPSA) is 12.4 Å². The highest BCUT2D eigenvalue weighted by molar-refractivity contribution is 7.87. The van der Waals surface area contributed by atoms with Gasteiger partial charge in [0, 0.05) is 11.1 Å². The Morgan fingerprint density at radius 1 is 1.75 bits per heavy atom. The Morgan fingerprint density at radius 3 is 2.88 bits per heavy atom. The molecule has 0 amide bonds. The molecule has 0 N–H and O–H groups in total. The molecule has 3 heteroatoms. The van der Waals surface area contributed by atoms with Gasteiger partial charge in [-0.1, -0.05) is 12.2 Å². The molecule has 1 aliphatic heterocycles. The molecule has 0 radical (unpaired) electrons. The van der Waals surface area contributed by atoms with Crippen molar-refractivity contribution >= 4 is 35.9 Å². The van der Waals surface area contributed by atoms with Crippen molar-refractivity contribution in [3.8, 4) is 0 Å². The van der Waals surface area contributed by atoms with Crippen LogP contribution in [0.15, 0.2) is 17.1 Å². The average molecular weight is 143 g/mol. The van der Waals surface area contributed by atoms with E-state index in [2.05, 4.69) is 17.6 Å². The lowest BCUT2D eigenvalue weighted by atomic mass is 10.3. The normalized spacial score (nSPS) is 26.6. The van der Waals surface area contributed by atoms with Crippen LogP contribution in [-0.2, 0) is 0 Å². The number of dihydropyridines is 1. The lowest BCUT2D eigenvalue weighted by Gasteiger charge is -2.04. The predicted molar refractivity (Wildman–Crippen MR) is 43.0 cm³/mol. The number of thiocarbonyl (C=S) groups is 1. The minimum Gasteiger partial charge on any atom is -0.274 e. The van der Waals surface area contributed by atoms with Gasteiger partial charge in [0.2, 0.25) is 0 Å². The van der Waals surface area contributed by atoms with Gasteiger partial charge in [0.1, 0.15) is 5.37 Å². The van der Waals surface area contributed by atoms with Crippen molar-refractivity contribution in [2.45, 2.75) is 5.37 Å². The molecule has 1 unspecified atom stereocenters. The van der Waals surface area contributed by atoms with Crippen LogP contribution in [0.5, 0.6) is 0 Å².